The van der Waals surface area contributed by atoms with Crippen LogP contribution in [0, 0.1) is 0 Å². The molecule has 0 aromatic carbocycles. The molecule has 0 aliphatic heterocycles. The van der Waals surface area contributed by atoms with Crippen LogP contribution in [-0.4, -0.2) is 25.0 Å². The maximum absolute atomic E-state index is 9.59. The van der Waals surface area contributed by atoms with E-state index in [9.17, 15) is 19.8 Å². The minimum absolute atomic E-state index is 0. The molecule has 6 heteroatoms. The van der Waals surface area contributed by atoms with E-state index in [4.69, 9.17) is 0 Å². The number of carbonyl (C=O) groups excluding carboxylic acids is 2. The van der Waals surface area contributed by atoms with Gasteiger partial charge in [0.15, 0.2) is 0 Å². The van der Waals surface area contributed by atoms with Crippen LogP contribution >= 0.6 is 0 Å². The molecule has 0 unspecified atom stereocenters. The third kappa shape index (κ3) is 10.4. The van der Waals surface area contributed by atoms with Crippen molar-refractivity contribution in [2.75, 3.05) is 13.1 Å². The molecule has 0 aromatic rings. The summed E-state index contributed by atoms with van der Waals surface area (Å²) in [6, 6.07) is 0. The number of aliphatic carboxylic acids is 2. The van der Waals surface area contributed by atoms with Crippen molar-refractivity contribution in [2.45, 2.75) is 0 Å². The van der Waals surface area contributed by atoms with Crippen LogP contribution in [0.4, 0.5) is 0 Å². The van der Waals surface area contributed by atoms with Gasteiger partial charge in [0.25, 0.3) is 0 Å². The van der Waals surface area contributed by atoms with Crippen LogP contribution in [0.3, 0.4) is 0 Å². The standard InChI is InChI=1S/C4H7NO4.Co/c6-3(7)1-5-2-4(8)9;/h5H,1-2H2,(H,6,7)(H,8,9);/q;+2/p-2. The summed E-state index contributed by atoms with van der Waals surface area (Å²) in [6.45, 7) is -0.929. The molecule has 0 aliphatic rings. The Hall–Kier alpha value is -0.594. The molecule has 0 rings (SSSR count). The number of hydrogen-bond acceptors (Lipinski definition) is 5. The molecule has 0 spiro atoms. The first-order valence-corrected chi connectivity index (χ1v) is 2.23. The van der Waals surface area contributed by atoms with E-state index in [0.29, 0.717) is 0 Å². The van der Waals surface area contributed by atoms with E-state index in [-0.39, 0.29) is 16.8 Å². The van der Waals surface area contributed by atoms with Gasteiger partial charge in [-0.05, 0) is 0 Å². The Morgan fingerprint density at radius 3 is 1.60 bits per heavy atom. The van der Waals surface area contributed by atoms with Crippen LogP contribution in [0.5, 0.6) is 0 Å². The number of hydrogen-bond donors (Lipinski definition) is 1. The molecule has 0 aliphatic carbocycles. The van der Waals surface area contributed by atoms with Gasteiger partial charge in [-0.25, -0.2) is 0 Å². The summed E-state index contributed by atoms with van der Waals surface area (Å²) in [4.78, 5) is 19.2. The van der Waals surface area contributed by atoms with Crippen molar-refractivity contribution in [2.24, 2.45) is 0 Å². The molecule has 10 heavy (non-hydrogen) atoms. The minimum atomic E-state index is -1.34. The Morgan fingerprint density at radius 2 is 1.40 bits per heavy atom. The molecular weight excluding hydrogens is 185 g/mol. The molecule has 0 aromatic heterocycles. The van der Waals surface area contributed by atoms with E-state index in [2.05, 4.69) is 5.32 Å². The zero-order valence-corrected chi connectivity index (χ0v) is 5.92. The predicted octanol–water partition coefficient (Wildman–Crippen LogP) is -3.93. The van der Waals surface area contributed by atoms with Crippen molar-refractivity contribution in [3.05, 3.63) is 0 Å². The average molecular weight is 190 g/mol. The predicted molar refractivity (Wildman–Crippen MR) is 22.9 cm³/mol. The van der Waals surface area contributed by atoms with Gasteiger partial charge in [-0.2, -0.15) is 0 Å². The van der Waals surface area contributed by atoms with E-state index < -0.39 is 25.0 Å². The topological polar surface area (TPSA) is 92.3 Å². The van der Waals surface area contributed by atoms with Gasteiger partial charge in [0.05, 0.1) is 11.9 Å². The largest absolute Gasteiger partial charge is 2.00 e. The van der Waals surface area contributed by atoms with E-state index in [0.717, 1.165) is 0 Å². The Morgan fingerprint density at radius 1 is 1.10 bits per heavy atom. The van der Waals surface area contributed by atoms with E-state index in [1.54, 1.807) is 0 Å². The normalized spacial score (nSPS) is 8.00. The summed E-state index contributed by atoms with van der Waals surface area (Å²) >= 11 is 0. The quantitative estimate of drug-likeness (QED) is 0.488. The van der Waals surface area contributed by atoms with Gasteiger partial charge < -0.3 is 25.1 Å². The summed E-state index contributed by atoms with van der Waals surface area (Å²) in [5, 5.41) is 21.2. The van der Waals surface area contributed by atoms with Crippen molar-refractivity contribution in [3.8, 4) is 0 Å². The average Bonchev–Trinajstić information content (AvgIpc) is 1.63. The molecule has 0 amide bonds. The Kier molecular flexibility index (Phi) is 7.91. The van der Waals surface area contributed by atoms with Crippen LogP contribution in [0.1, 0.15) is 0 Å². The molecule has 0 saturated heterocycles. The third-order valence-corrected chi connectivity index (χ3v) is 0.539. The number of rotatable bonds is 4. The Balaban J connectivity index is 0. The molecule has 0 fully saturated rings. The molecule has 5 nitrogen and oxygen atoms in total. The fourth-order valence-electron chi connectivity index (χ4n) is 0.267. The number of carbonyl (C=O) groups is 2. The maximum Gasteiger partial charge on any atom is 2.00 e. The molecule has 1 N–H and O–H groups in total. The van der Waals surface area contributed by atoms with Crippen molar-refractivity contribution >= 4 is 11.9 Å². The smallest absolute Gasteiger partial charge is 0.549 e. The summed E-state index contributed by atoms with van der Waals surface area (Å²) in [7, 11) is 0. The van der Waals surface area contributed by atoms with Crippen molar-refractivity contribution in [1.29, 1.82) is 0 Å². The summed E-state index contributed by atoms with van der Waals surface area (Å²) in [6.07, 6.45) is 0. The maximum atomic E-state index is 9.59. The van der Waals surface area contributed by atoms with Gasteiger partial charge in [0.1, 0.15) is 0 Å². The van der Waals surface area contributed by atoms with Crippen LogP contribution in [0.2, 0.25) is 0 Å². The SMILES string of the molecule is O=C([O-])CNCC(=O)[O-].[Co+2]. The van der Waals surface area contributed by atoms with Gasteiger partial charge in [-0.3, -0.25) is 0 Å². The monoisotopic (exact) mass is 190 g/mol. The molecule has 59 valence electrons. The van der Waals surface area contributed by atoms with Gasteiger partial charge in [0.2, 0.25) is 0 Å². The minimum Gasteiger partial charge on any atom is -0.549 e. The van der Waals surface area contributed by atoms with Crippen LogP contribution < -0.4 is 15.5 Å². The third-order valence-electron chi connectivity index (χ3n) is 0.539. The van der Waals surface area contributed by atoms with Crippen molar-refractivity contribution in [3.63, 3.8) is 0 Å². The van der Waals surface area contributed by atoms with Crippen molar-refractivity contribution in [1.82, 2.24) is 5.32 Å². The molecule has 0 heterocycles. The number of nitrogens with one attached hydrogen (secondary N) is 1. The second kappa shape index (κ2) is 6.53. The Bertz CT molecular complexity index is 112. The molecule has 0 atom stereocenters. The first-order valence-electron chi connectivity index (χ1n) is 2.23. The fraction of sp³-hybridized carbons (Fsp3) is 0.500. The second-order valence-electron chi connectivity index (χ2n) is 1.35. The molecule has 1 radical (unpaired) electrons. The van der Waals surface area contributed by atoms with Crippen LogP contribution in [0.25, 0.3) is 0 Å². The van der Waals surface area contributed by atoms with Crippen molar-refractivity contribution < 1.29 is 36.6 Å². The molecular formula is C4H5CoNO4. The second-order valence-corrected chi connectivity index (χ2v) is 1.35. The fourth-order valence-corrected chi connectivity index (χ4v) is 0.267. The Labute approximate surface area is 67.6 Å². The number of carboxylic acids is 2. The summed E-state index contributed by atoms with van der Waals surface area (Å²) in [5.41, 5.74) is 0. The van der Waals surface area contributed by atoms with Gasteiger partial charge in [-0.15, -0.1) is 0 Å². The zero-order chi connectivity index (χ0) is 7.28. The summed E-state index contributed by atoms with van der Waals surface area (Å²) < 4.78 is 0. The van der Waals surface area contributed by atoms with E-state index in [1.807, 2.05) is 0 Å². The van der Waals surface area contributed by atoms with Crippen LogP contribution in [0.15, 0.2) is 0 Å². The summed E-state index contributed by atoms with van der Waals surface area (Å²) in [5.74, 6) is -2.67. The zero-order valence-electron chi connectivity index (χ0n) is 4.88. The van der Waals surface area contributed by atoms with E-state index in [1.165, 1.54) is 0 Å². The number of carboxylic acid groups (broad SMARTS) is 2. The van der Waals surface area contributed by atoms with Gasteiger partial charge >= 0.3 is 16.8 Å². The van der Waals surface area contributed by atoms with Gasteiger partial charge in [-0.1, -0.05) is 0 Å². The van der Waals surface area contributed by atoms with E-state index >= 15 is 0 Å². The van der Waals surface area contributed by atoms with Crippen LogP contribution in [-0.2, 0) is 26.4 Å². The van der Waals surface area contributed by atoms with Gasteiger partial charge in [0, 0.05) is 13.1 Å². The molecule has 0 saturated carbocycles. The first kappa shape index (κ1) is 12.1. The first-order chi connectivity index (χ1) is 4.13. The molecule has 0 bridgehead atoms.